The van der Waals surface area contributed by atoms with Gasteiger partial charge in [-0.1, -0.05) is 42.0 Å². The third kappa shape index (κ3) is 3.52. The number of para-hydroxylation sites is 1. The molecule has 1 aliphatic rings. The van der Waals surface area contributed by atoms with E-state index in [9.17, 15) is 0 Å². The smallest absolute Gasteiger partial charge is 0.146 e. The van der Waals surface area contributed by atoms with E-state index in [2.05, 4.69) is 61.2 Å². The SMILES string of the molecule is Cc1cccc(COc2cccc3ccc(N4CCCCC4C)nc23)c1. The standard InChI is InChI=1S/C23H26N2O/c1-17-7-5-9-19(15-17)16-26-21-11-6-10-20-12-13-22(24-23(20)21)25-14-4-3-8-18(25)2/h5-7,9-13,15,18H,3-4,8,14,16H2,1-2H3. The highest BCUT2D eigenvalue weighted by Crippen LogP contribution is 2.29. The van der Waals surface area contributed by atoms with Gasteiger partial charge < -0.3 is 9.64 Å². The second-order valence-corrected chi connectivity index (χ2v) is 7.31. The number of nitrogens with zero attached hydrogens (tertiary/aromatic N) is 2. The Morgan fingerprint density at radius 1 is 1.08 bits per heavy atom. The molecular formula is C23H26N2O. The molecular weight excluding hydrogens is 320 g/mol. The summed E-state index contributed by atoms with van der Waals surface area (Å²) < 4.78 is 6.15. The molecule has 1 unspecified atom stereocenters. The Hall–Kier alpha value is -2.55. The summed E-state index contributed by atoms with van der Waals surface area (Å²) in [7, 11) is 0. The topological polar surface area (TPSA) is 25.4 Å². The summed E-state index contributed by atoms with van der Waals surface area (Å²) >= 11 is 0. The van der Waals surface area contributed by atoms with E-state index in [0.717, 1.165) is 29.0 Å². The maximum absolute atomic E-state index is 6.15. The zero-order valence-electron chi connectivity index (χ0n) is 15.6. The molecule has 0 aliphatic carbocycles. The summed E-state index contributed by atoms with van der Waals surface area (Å²) in [5.74, 6) is 1.92. The Morgan fingerprint density at radius 2 is 1.96 bits per heavy atom. The van der Waals surface area contributed by atoms with Crippen molar-refractivity contribution in [1.29, 1.82) is 0 Å². The molecule has 1 atom stereocenters. The molecule has 0 spiro atoms. The summed E-state index contributed by atoms with van der Waals surface area (Å²) in [6, 6.07) is 19.5. The first-order valence-corrected chi connectivity index (χ1v) is 9.55. The fourth-order valence-electron chi connectivity index (χ4n) is 3.79. The van der Waals surface area contributed by atoms with Crippen molar-refractivity contribution < 1.29 is 4.74 Å². The van der Waals surface area contributed by atoms with Crippen LogP contribution in [0.3, 0.4) is 0 Å². The third-order valence-corrected chi connectivity index (χ3v) is 5.24. The second kappa shape index (κ2) is 7.36. The number of hydrogen-bond acceptors (Lipinski definition) is 3. The van der Waals surface area contributed by atoms with Crippen molar-refractivity contribution in [3.8, 4) is 5.75 Å². The lowest BCUT2D eigenvalue weighted by molar-refractivity contribution is 0.309. The minimum absolute atomic E-state index is 0.550. The van der Waals surface area contributed by atoms with Gasteiger partial charge in [0.15, 0.2) is 0 Å². The fraction of sp³-hybridized carbons (Fsp3) is 0.348. The molecule has 1 aromatic heterocycles. The van der Waals surface area contributed by atoms with E-state index in [4.69, 9.17) is 9.72 Å². The van der Waals surface area contributed by atoms with E-state index in [0.29, 0.717) is 12.6 Å². The molecule has 1 fully saturated rings. The van der Waals surface area contributed by atoms with Gasteiger partial charge in [-0.2, -0.15) is 0 Å². The van der Waals surface area contributed by atoms with Gasteiger partial charge in [0.2, 0.25) is 0 Å². The minimum Gasteiger partial charge on any atom is -0.487 e. The van der Waals surface area contributed by atoms with Crippen LogP contribution in [0.25, 0.3) is 10.9 Å². The van der Waals surface area contributed by atoms with Crippen LogP contribution < -0.4 is 9.64 Å². The van der Waals surface area contributed by atoms with Gasteiger partial charge in [0.1, 0.15) is 23.7 Å². The average molecular weight is 346 g/mol. The summed E-state index contributed by atoms with van der Waals surface area (Å²) in [6.07, 6.45) is 3.80. The normalized spacial score (nSPS) is 17.5. The Labute approximate surface area is 155 Å². The summed E-state index contributed by atoms with van der Waals surface area (Å²) in [5, 5.41) is 1.13. The van der Waals surface area contributed by atoms with Crippen molar-refractivity contribution in [3.05, 3.63) is 65.7 Å². The van der Waals surface area contributed by atoms with Crippen LogP contribution in [0.5, 0.6) is 5.75 Å². The largest absolute Gasteiger partial charge is 0.487 e. The number of hydrogen-bond donors (Lipinski definition) is 0. The highest BCUT2D eigenvalue weighted by molar-refractivity contribution is 5.86. The zero-order valence-corrected chi connectivity index (χ0v) is 15.6. The molecule has 2 heterocycles. The van der Waals surface area contributed by atoms with Crippen molar-refractivity contribution >= 4 is 16.7 Å². The van der Waals surface area contributed by atoms with Gasteiger partial charge >= 0.3 is 0 Å². The number of anilines is 1. The predicted octanol–water partition coefficient (Wildman–Crippen LogP) is 5.50. The molecule has 0 bridgehead atoms. The van der Waals surface area contributed by atoms with Crippen molar-refractivity contribution in [1.82, 2.24) is 4.98 Å². The van der Waals surface area contributed by atoms with E-state index in [1.807, 2.05) is 12.1 Å². The summed E-state index contributed by atoms with van der Waals surface area (Å²) in [4.78, 5) is 7.41. The first kappa shape index (κ1) is 16.9. The Morgan fingerprint density at radius 3 is 2.81 bits per heavy atom. The Bertz CT molecular complexity index is 906. The van der Waals surface area contributed by atoms with Crippen LogP contribution in [0, 0.1) is 6.92 Å². The molecule has 134 valence electrons. The van der Waals surface area contributed by atoms with Crippen LogP contribution >= 0.6 is 0 Å². The van der Waals surface area contributed by atoms with Crippen LogP contribution in [-0.2, 0) is 6.61 Å². The van der Waals surface area contributed by atoms with Gasteiger partial charge in [-0.25, -0.2) is 4.98 Å². The number of ether oxygens (including phenoxy) is 1. The molecule has 3 heteroatoms. The lowest BCUT2D eigenvalue weighted by Crippen LogP contribution is -2.37. The quantitative estimate of drug-likeness (QED) is 0.623. The average Bonchev–Trinajstić information content (AvgIpc) is 2.66. The number of aromatic nitrogens is 1. The van der Waals surface area contributed by atoms with Crippen LogP contribution in [0.4, 0.5) is 5.82 Å². The Kier molecular flexibility index (Phi) is 4.79. The van der Waals surface area contributed by atoms with Gasteiger partial charge in [-0.15, -0.1) is 0 Å². The third-order valence-electron chi connectivity index (χ3n) is 5.24. The molecule has 0 radical (unpaired) electrons. The van der Waals surface area contributed by atoms with E-state index in [1.165, 1.54) is 30.4 Å². The molecule has 0 N–H and O–H groups in total. The molecule has 2 aromatic carbocycles. The molecule has 26 heavy (non-hydrogen) atoms. The van der Waals surface area contributed by atoms with Crippen LogP contribution in [0.1, 0.15) is 37.3 Å². The van der Waals surface area contributed by atoms with Crippen molar-refractivity contribution in [2.45, 2.75) is 45.8 Å². The van der Waals surface area contributed by atoms with E-state index >= 15 is 0 Å². The monoisotopic (exact) mass is 346 g/mol. The molecule has 4 rings (SSSR count). The van der Waals surface area contributed by atoms with Gasteiger partial charge in [-0.05, 0) is 56.9 Å². The van der Waals surface area contributed by atoms with E-state index in [1.54, 1.807) is 0 Å². The number of rotatable bonds is 4. The zero-order chi connectivity index (χ0) is 17.9. The molecule has 0 saturated carbocycles. The van der Waals surface area contributed by atoms with E-state index < -0.39 is 0 Å². The van der Waals surface area contributed by atoms with E-state index in [-0.39, 0.29) is 0 Å². The number of piperidine rings is 1. The van der Waals surface area contributed by atoms with Gasteiger partial charge in [0.05, 0.1) is 0 Å². The minimum atomic E-state index is 0.550. The molecule has 0 amide bonds. The van der Waals surface area contributed by atoms with Crippen LogP contribution in [-0.4, -0.2) is 17.6 Å². The first-order valence-electron chi connectivity index (χ1n) is 9.55. The summed E-state index contributed by atoms with van der Waals surface area (Å²) in [6.45, 7) is 6.05. The maximum Gasteiger partial charge on any atom is 0.146 e. The number of pyridine rings is 1. The Balaban J connectivity index is 1.63. The first-order chi connectivity index (χ1) is 12.7. The van der Waals surface area contributed by atoms with Gasteiger partial charge in [0, 0.05) is 18.0 Å². The van der Waals surface area contributed by atoms with Crippen molar-refractivity contribution in [2.24, 2.45) is 0 Å². The maximum atomic E-state index is 6.15. The fourth-order valence-corrected chi connectivity index (χ4v) is 3.79. The molecule has 1 aliphatic heterocycles. The molecule has 3 aromatic rings. The molecule has 3 nitrogen and oxygen atoms in total. The van der Waals surface area contributed by atoms with Gasteiger partial charge in [0.25, 0.3) is 0 Å². The number of benzene rings is 2. The summed E-state index contributed by atoms with van der Waals surface area (Å²) in [5.41, 5.74) is 3.39. The second-order valence-electron chi connectivity index (χ2n) is 7.31. The number of fused-ring (bicyclic) bond motifs is 1. The predicted molar refractivity (Wildman–Crippen MR) is 108 cm³/mol. The van der Waals surface area contributed by atoms with Crippen molar-refractivity contribution in [3.63, 3.8) is 0 Å². The molecule has 1 saturated heterocycles. The van der Waals surface area contributed by atoms with Crippen LogP contribution in [0.2, 0.25) is 0 Å². The lowest BCUT2D eigenvalue weighted by Gasteiger charge is -2.34. The van der Waals surface area contributed by atoms with Gasteiger partial charge in [-0.3, -0.25) is 0 Å². The number of aryl methyl sites for hydroxylation is 1. The van der Waals surface area contributed by atoms with Crippen molar-refractivity contribution in [2.75, 3.05) is 11.4 Å². The lowest BCUT2D eigenvalue weighted by atomic mass is 10.0. The highest BCUT2D eigenvalue weighted by Gasteiger charge is 2.20. The highest BCUT2D eigenvalue weighted by atomic mass is 16.5. The van der Waals surface area contributed by atoms with Crippen LogP contribution in [0.15, 0.2) is 54.6 Å².